The van der Waals surface area contributed by atoms with Gasteiger partial charge < -0.3 is 4.80 Å². The summed E-state index contributed by atoms with van der Waals surface area (Å²) < 4.78 is 0. The zero-order valence-corrected chi connectivity index (χ0v) is 21.7. The van der Waals surface area contributed by atoms with Gasteiger partial charge in [0.25, 0.3) is 8.32 Å². The topological polar surface area (TPSA) is 20.2 Å². The largest absolute Gasteiger partial charge is 0.424 e. The summed E-state index contributed by atoms with van der Waals surface area (Å²) in [6, 6.07) is 41.4. The average Bonchev–Trinajstić information content (AvgIpc) is 2.91. The average molecular weight is 475 g/mol. The normalized spacial score (nSPS) is 12.4. The molecule has 1 unspecified atom stereocenters. The lowest BCUT2D eigenvalue weighted by Crippen LogP contribution is -2.65. The number of rotatable bonds is 8. The van der Waals surface area contributed by atoms with Crippen LogP contribution in [0.25, 0.3) is 0 Å². The van der Waals surface area contributed by atoms with E-state index < -0.39 is 8.32 Å². The van der Waals surface area contributed by atoms with Crippen LogP contribution in [0, 0.1) is 17.8 Å². The molecule has 0 aliphatic rings. The molecule has 0 spiro atoms. The van der Waals surface area contributed by atoms with E-state index in [-0.39, 0.29) is 11.0 Å². The van der Waals surface area contributed by atoms with Crippen LogP contribution in [0.4, 0.5) is 0 Å². The highest BCUT2D eigenvalue weighted by molar-refractivity contribution is 6.98. The van der Waals surface area contributed by atoms with Crippen molar-refractivity contribution in [2.75, 3.05) is 0 Å². The van der Waals surface area contributed by atoms with Gasteiger partial charge in [0, 0.05) is 11.5 Å². The first-order valence-electron chi connectivity index (χ1n) is 12.4. The van der Waals surface area contributed by atoms with E-state index in [9.17, 15) is 4.80 Å². The molecule has 0 heterocycles. The third-order valence-electron chi connectivity index (χ3n) is 6.94. The molecule has 0 saturated heterocycles. The SMILES string of the molecule is CC(C)(CC(C#Cc1ccccc1)CCc1ccccc1)[Si](O)(c1ccccc1)c1ccccc1. The summed E-state index contributed by atoms with van der Waals surface area (Å²) in [4.78, 5) is 12.6. The van der Waals surface area contributed by atoms with Gasteiger partial charge in [-0.2, -0.15) is 0 Å². The summed E-state index contributed by atoms with van der Waals surface area (Å²) in [7, 11) is -3.08. The monoisotopic (exact) mass is 474 g/mol. The molecule has 0 amide bonds. The van der Waals surface area contributed by atoms with Gasteiger partial charge in [-0.1, -0.05) is 135 Å². The predicted molar refractivity (Wildman–Crippen MR) is 150 cm³/mol. The summed E-state index contributed by atoms with van der Waals surface area (Å²) in [6.45, 7) is 4.47. The summed E-state index contributed by atoms with van der Waals surface area (Å²) in [5.74, 6) is 7.18. The third-order valence-corrected chi connectivity index (χ3v) is 11.4. The van der Waals surface area contributed by atoms with Gasteiger partial charge in [0.2, 0.25) is 0 Å². The molecular weight excluding hydrogens is 440 g/mol. The fraction of sp³-hybridized carbons (Fsp3) is 0.212. The van der Waals surface area contributed by atoms with Crippen LogP contribution in [0.2, 0.25) is 5.04 Å². The van der Waals surface area contributed by atoms with Crippen LogP contribution in [0.1, 0.15) is 37.8 Å². The van der Waals surface area contributed by atoms with E-state index in [1.54, 1.807) is 0 Å². The van der Waals surface area contributed by atoms with E-state index in [1.165, 1.54) is 5.56 Å². The Balaban J connectivity index is 1.69. The van der Waals surface area contributed by atoms with Crippen molar-refractivity contribution in [3.05, 3.63) is 132 Å². The predicted octanol–water partition coefficient (Wildman–Crippen LogP) is 6.21. The van der Waals surface area contributed by atoms with E-state index in [0.29, 0.717) is 0 Å². The maximum Gasteiger partial charge on any atom is 0.258 e. The van der Waals surface area contributed by atoms with Crippen LogP contribution < -0.4 is 10.4 Å². The number of benzene rings is 4. The summed E-state index contributed by atoms with van der Waals surface area (Å²) in [5.41, 5.74) is 2.36. The molecule has 1 nitrogen and oxygen atoms in total. The number of hydrogen-bond donors (Lipinski definition) is 1. The Morgan fingerprint density at radius 3 is 1.66 bits per heavy atom. The molecule has 1 N–H and O–H groups in total. The van der Waals surface area contributed by atoms with Gasteiger partial charge in [-0.15, -0.1) is 0 Å². The zero-order chi connectivity index (χ0) is 24.6. The second kappa shape index (κ2) is 11.4. The van der Waals surface area contributed by atoms with Gasteiger partial charge in [0.05, 0.1) is 0 Å². The molecule has 0 radical (unpaired) electrons. The van der Waals surface area contributed by atoms with Crippen LogP contribution in [0.15, 0.2) is 121 Å². The Kier molecular flexibility index (Phi) is 8.03. The molecule has 176 valence electrons. The summed E-state index contributed by atoms with van der Waals surface area (Å²) in [5, 5.41) is 1.77. The van der Waals surface area contributed by atoms with E-state index in [1.807, 2.05) is 54.6 Å². The Bertz CT molecular complexity index is 1200. The number of hydrogen-bond acceptors (Lipinski definition) is 1. The second-order valence-corrected chi connectivity index (χ2v) is 13.8. The molecule has 4 rings (SSSR count). The van der Waals surface area contributed by atoms with E-state index in [0.717, 1.165) is 35.2 Å². The Labute approximate surface area is 211 Å². The molecule has 0 bridgehead atoms. The molecular formula is C33H34OSi. The van der Waals surface area contributed by atoms with Crippen LogP contribution in [-0.2, 0) is 6.42 Å². The van der Waals surface area contributed by atoms with E-state index >= 15 is 0 Å². The highest BCUT2D eigenvalue weighted by atomic mass is 28.4. The fourth-order valence-corrected chi connectivity index (χ4v) is 8.78. The lowest BCUT2D eigenvalue weighted by molar-refractivity contribution is 0.415. The second-order valence-electron chi connectivity index (χ2n) is 9.89. The quantitative estimate of drug-likeness (QED) is 0.238. The minimum Gasteiger partial charge on any atom is -0.424 e. The number of aryl methyl sites for hydroxylation is 1. The minimum absolute atomic E-state index is 0.164. The van der Waals surface area contributed by atoms with Crippen molar-refractivity contribution in [2.24, 2.45) is 5.92 Å². The van der Waals surface area contributed by atoms with E-state index in [4.69, 9.17) is 0 Å². The van der Waals surface area contributed by atoms with Crippen molar-refractivity contribution >= 4 is 18.7 Å². The molecule has 0 aromatic heterocycles. The molecule has 1 atom stereocenters. The molecule has 4 aromatic carbocycles. The maximum absolute atomic E-state index is 12.6. The standard InChI is InChI=1S/C33H34OSi/c1-33(2,35(34,31-19-11-5-12-20-31)32-21-13-6-14-22-32)27-30(25-23-28-15-7-3-8-16-28)26-24-29-17-9-4-10-18-29/h3-22,30,34H,23,25,27H2,1-2H3. The van der Waals surface area contributed by atoms with Gasteiger partial charge in [0.15, 0.2) is 0 Å². The highest BCUT2D eigenvalue weighted by Crippen LogP contribution is 2.42. The lowest BCUT2D eigenvalue weighted by Gasteiger charge is -2.42. The van der Waals surface area contributed by atoms with Crippen LogP contribution in [0.3, 0.4) is 0 Å². The van der Waals surface area contributed by atoms with Crippen LogP contribution in [-0.4, -0.2) is 13.1 Å². The van der Waals surface area contributed by atoms with Crippen molar-refractivity contribution in [1.29, 1.82) is 0 Å². The minimum atomic E-state index is -3.08. The Morgan fingerprint density at radius 2 is 1.14 bits per heavy atom. The summed E-state index contributed by atoms with van der Waals surface area (Å²) >= 11 is 0. The molecule has 0 aliphatic carbocycles. The highest BCUT2D eigenvalue weighted by Gasteiger charge is 2.50. The van der Waals surface area contributed by atoms with Crippen LogP contribution >= 0.6 is 0 Å². The first kappa shape index (κ1) is 24.7. The van der Waals surface area contributed by atoms with Crippen molar-refractivity contribution < 1.29 is 4.80 Å². The lowest BCUT2D eigenvalue weighted by atomic mass is 9.90. The Morgan fingerprint density at radius 1 is 0.686 bits per heavy atom. The van der Waals surface area contributed by atoms with Crippen molar-refractivity contribution in [1.82, 2.24) is 0 Å². The van der Waals surface area contributed by atoms with Crippen molar-refractivity contribution in [3.8, 4) is 11.8 Å². The van der Waals surface area contributed by atoms with Crippen molar-refractivity contribution in [3.63, 3.8) is 0 Å². The van der Waals surface area contributed by atoms with Gasteiger partial charge in [-0.05, 0) is 52.4 Å². The maximum atomic E-state index is 12.6. The first-order chi connectivity index (χ1) is 17.0. The molecule has 0 saturated carbocycles. The van der Waals surface area contributed by atoms with Gasteiger partial charge in [-0.25, -0.2) is 0 Å². The van der Waals surface area contributed by atoms with Gasteiger partial charge in [-0.3, -0.25) is 0 Å². The first-order valence-corrected chi connectivity index (χ1v) is 14.4. The Hall–Kier alpha value is -3.38. The molecule has 0 fully saturated rings. The van der Waals surface area contributed by atoms with E-state index in [2.05, 4.69) is 92.4 Å². The third kappa shape index (κ3) is 6.01. The molecule has 35 heavy (non-hydrogen) atoms. The van der Waals surface area contributed by atoms with Gasteiger partial charge in [0.1, 0.15) is 0 Å². The van der Waals surface area contributed by atoms with Gasteiger partial charge >= 0.3 is 0 Å². The zero-order valence-electron chi connectivity index (χ0n) is 20.7. The molecule has 0 aliphatic heterocycles. The van der Waals surface area contributed by atoms with Crippen molar-refractivity contribution in [2.45, 2.75) is 38.1 Å². The van der Waals surface area contributed by atoms with Crippen LogP contribution in [0.5, 0.6) is 0 Å². The smallest absolute Gasteiger partial charge is 0.258 e. The fourth-order valence-electron chi connectivity index (χ4n) is 4.99. The summed E-state index contributed by atoms with van der Waals surface area (Å²) in [6.07, 6.45) is 2.76. The molecule has 4 aromatic rings. The molecule has 2 heteroatoms.